The molecule has 2 unspecified atom stereocenters. The predicted molar refractivity (Wildman–Crippen MR) is 80.7 cm³/mol. The molecule has 2 rings (SSSR count). The first-order valence-electron chi connectivity index (χ1n) is 7.33. The summed E-state index contributed by atoms with van der Waals surface area (Å²) in [4.78, 5) is 14.4. The molecule has 1 aromatic carbocycles. The molecule has 5 heteroatoms. The van der Waals surface area contributed by atoms with Crippen LogP contribution in [0.3, 0.4) is 0 Å². The van der Waals surface area contributed by atoms with Crippen molar-refractivity contribution in [3.8, 4) is 6.07 Å². The number of aliphatic hydroxyl groups excluding tert-OH is 1. The number of nitrogens with zero attached hydrogens (tertiary/aromatic N) is 2. The standard InChI is InChI=1S/C16H21N3O2/c1-12(19-8-3-2-7-15(19)11-20)16(21)18-14-6-4-5-13(9-14)10-17/h4-6,9,12,15,20H,2-3,7-8,11H2,1H3,(H,18,21). The summed E-state index contributed by atoms with van der Waals surface area (Å²) in [6.45, 7) is 2.77. The molecule has 1 fully saturated rings. The number of amides is 1. The summed E-state index contributed by atoms with van der Waals surface area (Å²) in [6, 6.07) is 8.69. The summed E-state index contributed by atoms with van der Waals surface area (Å²) < 4.78 is 0. The first kappa shape index (κ1) is 15.5. The topological polar surface area (TPSA) is 76.4 Å². The Kier molecular flexibility index (Phi) is 5.32. The van der Waals surface area contributed by atoms with E-state index in [0.29, 0.717) is 11.3 Å². The van der Waals surface area contributed by atoms with Gasteiger partial charge in [0.2, 0.25) is 5.91 Å². The Labute approximate surface area is 125 Å². The fraction of sp³-hybridized carbons (Fsp3) is 0.500. The molecular weight excluding hydrogens is 266 g/mol. The van der Waals surface area contributed by atoms with Crippen LogP contribution in [0, 0.1) is 11.3 Å². The van der Waals surface area contributed by atoms with E-state index in [1.165, 1.54) is 0 Å². The molecule has 1 aromatic rings. The van der Waals surface area contributed by atoms with E-state index in [4.69, 9.17) is 5.26 Å². The van der Waals surface area contributed by atoms with Crippen LogP contribution in [0.2, 0.25) is 0 Å². The van der Waals surface area contributed by atoms with Crippen LogP contribution in [0.5, 0.6) is 0 Å². The molecule has 0 aliphatic carbocycles. The maximum absolute atomic E-state index is 12.4. The zero-order valence-corrected chi connectivity index (χ0v) is 12.2. The van der Waals surface area contributed by atoms with Gasteiger partial charge in [0, 0.05) is 11.7 Å². The van der Waals surface area contributed by atoms with Gasteiger partial charge in [-0.25, -0.2) is 0 Å². The number of hydrogen-bond acceptors (Lipinski definition) is 4. The van der Waals surface area contributed by atoms with E-state index in [1.807, 2.05) is 6.92 Å². The fourth-order valence-corrected chi connectivity index (χ4v) is 2.79. The van der Waals surface area contributed by atoms with Crippen molar-refractivity contribution < 1.29 is 9.90 Å². The lowest BCUT2D eigenvalue weighted by atomic mass is 10.0. The Morgan fingerprint density at radius 1 is 1.57 bits per heavy atom. The van der Waals surface area contributed by atoms with Crippen molar-refractivity contribution in [1.29, 1.82) is 5.26 Å². The van der Waals surface area contributed by atoms with Crippen molar-refractivity contribution in [3.05, 3.63) is 29.8 Å². The van der Waals surface area contributed by atoms with E-state index in [-0.39, 0.29) is 24.6 Å². The molecule has 0 radical (unpaired) electrons. The maximum Gasteiger partial charge on any atom is 0.241 e. The number of hydrogen-bond donors (Lipinski definition) is 2. The Morgan fingerprint density at radius 3 is 3.10 bits per heavy atom. The number of nitriles is 1. The summed E-state index contributed by atoms with van der Waals surface area (Å²) in [6.07, 6.45) is 3.08. The first-order chi connectivity index (χ1) is 10.2. The lowest BCUT2D eigenvalue weighted by Crippen LogP contribution is -2.51. The van der Waals surface area contributed by atoms with E-state index < -0.39 is 0 Å². The molecule has 1 aliphatic heterocycles. The molecule has 0 saturated carbocycles. The summed E-state index contributed by atoms with van der Waals surface area (Å²) in [5.74, 6) is -0.106. The zero-order chi connectivity index (χ0) is 15.2. The molecule has 21 heavy (non-hydrogen) atoms. The number of likely N-dealkylation sites (tertiary alicyclic amines) is 1. The molecule has 0 bridgehead atoms. The van der Waals surface area contributed by atoms with E-state index in [9.17, 15) is 9.90 Å². The van der Waals surface area contributed by atoms with E-state index >= 15 is 0 Å². The summed E-state index contributed by atoms with van der Waals surface area (Å²) >= 11 is 0. The quantitative estimate of drug-likeness (QED) is 0.884. The molecule has 1 saturated heterocycles. The highest BCUT2D eigenvalue weighted by Gasteiger charge is 2.29. The first-order valence-corrected chi connectivity index (χ1v) is 7.33. The number of nitrogens with one attached hydrogen (secondary N) is 1. The Bertz CT molecular complexity index is 539. The monoisotopic (exact) mass is 287 g/mol. The van der Waals surface area contributed by atoms with E-state index in [0.717, 1.165) is 25.8 Å². The van der Waals surface area contributed by atoms with Crippen LogP contribution in [0.25, 0.3) is 0 Å². The highest BCUT2D eigenvalue weighted by Crippen LogP contribution is 2.20. The van der Waals surface area contributed by atoms with Gasteiger partial charge in [0.1, 0.15) is 0 Å². The second-order valence-electron chi connectivity index (χ2n) is 5.43. The van der Waals surface area contributed by atoms with Crippen LogP contribution in [0.1, 0.15) is 31.7 Å². The number of aliphatic hydroxyl groups is 1. The Hall–Kier alpha value is -1.90. The largest absolute Gasteiger partial charge is 0.395 e. The third-order valence-corrected chi connectivity index (χ3v) is 4.02. The van der Waals surface area contributed by atoms with Gasteiger partial charge in [-0.2, -0.15) is 5.26 Å². The molecule has 1 amide bonds. The molecule has 5 nitrogen and oxygen atoms in total. The summed E-state index contributed by atoms with van der Waals surface area (Å²) in [7, 11) is 0. The van der Waals surface area contributed by atoms with Crippen molar-refractivity contribution in [2.75, 3.05) is 18.5 Å². The predicted octanol–water partition coefficient (Wildman–Crippen LogP) is 1.73. The average molecular weight is 287 g/mol. The molecule has 1 heterocycles. The van der Waals surface area contributed by atoms with E-state index in [1.54, 1.807) is 24.3 Å². The minimum absolute atomic E-state index is 0.0601. The maximum atomic E-state index is 12.4. The van der Waals surface area contributed by atoms with Crippen LogP contribution >= 0.6 is 0 Å². The van der Waals surface area contributed by atoms with Crippen molar-refractivity contribution in [1.82, 2.24) is 4.90 Å². The number of carbonyl (C=O) groups excluding carboxylic acids is 1. The molecule has 0 spiro atoms. The smallest absolute Gasteiger partial charge is 0.241 e. The number of carbonyl (C=O) groups is 1. The van der Waals surface area contributed by atoms with Crippen LogP contribution < -0.4 is 5.32 Å². The Morgan fingerprint density at radius 2 is 2.38 bits per heavy atom. The van der Waals surface area contributed by atoms with Gasteiger partial charge in [-0.05, 0) is 44.5 Å². The number of piperidine rings is 1. The average Bonchev–Trinajstić information content (AvgIpc) is 2.54. The lowest BCUT2D eigenvalue weighted by Gasteiger charge is -2.38. The summed E-state index contributed by atoms with van der Waals surface area (Å²) in [5, 5.41) is 21.2. The zero-order valence-electron chi connectivity index (χ0n) is 12.2. The van der Waals surface area contributed by atoms with Crippen molar-refractivity contribution >= 4 is 11.6 Å². The van der Waals surface area contributed by atoms with Crippen LogP contribution in [0.15, 0.2) is 24.3 Å². The second-order valence-corrected chi connectivity index (χ2v) is 5.43. The molecule has 2 atom stereocenters. The van der Waals surface area contributed by atoms with Crippen molar-refractivity contribution in [2.24, 2.45) is 0 Å². The minimum Gasteiger partial charge on any atom is -0.395 e. The lowest BCUT2D eigenvalue weighted by molar-refractivity contribution is -0.122. The summed E-state index contributed by atoms with van der Waals surface area (Å²) in [5.41, 5.74) is 1.15. The third-order valence-electron chi connectivity index (χ3n) is 4.02. The SMILES string of the molecule is CC(C(=O)Nc1cccc(C#N)c1)N1CCCCC1CO. The van der Waals surface area contributed by atoms with Gasteiger partial charge >= 0.3 is 0 Å². The highest BCUT2D eigenvalue weighted by atomic mass is 16.3. The normalized spacial score (nSPS) is 20.5. The number of benzene rings is 1. The molecule has 112 valence electrons. The van der Waals surface area contributed by atoms with Crippen LogP contribution in [-0.4, -0.2) is 41.1 Å². The van der Waals surface area contributed by atoms with Crippen LogP contribution in [-0.2, 0) is 4.79 Å². The third kappa shape index (κ3) is 3.81. The molecule has 0 aromatic heterocycles. The van der Waals surface area contributed by atoms with Crippen LogP contribution in [0.4, 0.5) is 5.69 Å². The molecular formula is C16H21N3O2. The molecule has 1 aliphatic rings. The van der Waals surface area contributed by atoms with Gasteiger partial charge in [0.05, 0.1) is 24.3 Å². The van der Waals surface area contributed by atoms with Gasteiger partial charge in [-0.15, -0.1) is 0 Å². The number of anilines is 1. The molecule has 2 N–H and O–H groups in total. The Balaban J connectivity index is 2.03. The van der Waals surface area contributed by atoms with Gasteiger partial charge < -0.3 is 10.4 Å². The number of rotatable bonds is 4. The van der Waals surface area contributed by atoms with E-state index in [2.05, 4.69) is 16.3 Å². The van der Waals surface area contributed by atoms with Gasteiger partial charge in [0.15, 0.2) is 0 Å². The highest BCUT2D eigenvalue weighted by molar-refractivity contribution is 5.94. The van der Waals surface area contributed by atoms with Crippen molar-refractivity contribution in [2.45, 2.75) is 38.3 Å². The van der Waals surface area contributed by atoms with Gasteiger partial charge in [-0.3, -0.25) is 9.69 Å². The van der Waals surface area contributed by atoms with Gasteiger partial charge in [0.25, 0.3) is 0 Å². The minimum atomic E-state index is -0.298. The fourth-order valence-electron chi connectivity index (χ4n) is 2.79. The van der Waals surface area contributed by atoms with Gasteiger partial charge in [-0.1, -0.05) is 12.5 Å². The second kappa shape index (κ2) is 7.21. The van der Waals surface area contributed by atoms with Crippen molar-refractivity contribution in [3.63, 3.8) is 0 Å².